The van der Waals surface area contributed by atoms with E-state index in [2.05, 4.69) is 4.90 Å². The molecule has 0 amide bonds. The molecule has 0 aliphatic carbocycles. The van der Waals surface area contributed by atoms with Crippen LogP contribution in [0.4, 0.5) is 10.1 Å². The van der Waals surface area contributed by atoms with Crippen molar-refractivity contribution in [2.45, 2.75) is 12.8 Å². The summed E-state index contributed by atoms with van der Waals surface area (Å²) in [5, 5.41) is 0. The van der Waals surface area contributed by atoms with Crippen LogP contribution in [0.25, 0.3) is 0 Å². The number of benzene rings is 2. The predicted octanol–water partition coefficient (Wildman–Crippen LogP) is 3.89. The summed E-state index contributed by atoms with van der Waals surface area (Å²) in [6, 6.07) is 12.5. The number of hydrogen-bond acceptors (Lipinski definition) is 4. The molecule has 1 saturated heterocycles. The van der Waals surface area contributed by atoms with E-state index in [4.69, 9.17) is 14.2 Å². The molecule has 1 fully saturated rings. The molecule has 2 aromatic carbocycles. The van der Waals surface area contributed by atoms with Crippen molar-refractivity contribution in [3.8, 4) is 17.2 Å². The highest BCUT2D eigenvalue weighted by atomic mass is 19.1. The topological polar surface area (TPSA) is 30.9 Å². The first-order valence-corrected chi connectivity index (χ1v) is 8.81. The number of nitrogens with zero attached hydrogens (tertiary/aromatic N) is 1. The normalized spacial score (nSPS) is 19.6. The molecule has 4 rings (SSSR count). The van der Waals surface area contributed by atoms with Gasteiger partial charge in [-0.1, -0.05) is 0 Å². The Labute approximate surface area is 147 Å². The molecule has 2 aliphatic rings. The van der Waals surface area contributed by atoms with Crippen molar-refractivity contribution >= 4 is 5.69 Å². The minimum atomic E-state index is -0.195. The van der Waals surface area contributed by atoms with Gasteiger partial charge in [0, 0.05) is 30.8 Å². The van der Waals surface area contributed by atoms with Crippen molar-refractivity contribution in [1.29, 1.82) is 0 Å². The first-order chi connectivity index (χ1) is 12.3. The summed E-state index contributed by atoms with van der Waals surface area (Å²) < 4.78 is 30.2. The zero-order valence-electron chi connectivity index (χ0n) is 14.1. The Morgan fingerprint density at radius 2 is 1.84 bits per heavy atom. The van der Waals surface area contributed by atoms with Crippen molar-refractivity contribution < 1.29 is 18.6 Å². The molecule has 25 heavy (non-hydrogen) atoms. The van der Waals surface area contributed by atoms with Gasteiger partial charge in [-0.3, -0.25) is 0 Å². The molecule has 0 bridgehead atoms. The largest absolute Gasteiger partial charge is 0.493 e. The van der Waals surface area contributed by atoms with Crippen LogP contribution in [0.3, 0.4) is 0 Å². The zero-order valence-corrected chi connectivity index (χ0v) is 14.1. The van der Waals surface area contributed by atoms with Crippen LogP contribution in [0.1, 0.15) is 12.8 Å². The summed E-state index contributed by atoms with van der Waals surface area (Å²) >= 11 is 0. The van der Waals surface area contributed by atoms with Crippen LogP contribution in [0.15, 0.2) is 42.5 Å². The summed E-state index contributed by atoms with van der Waals surface area (Å²) in [7, 11) is 0. The SMILES string of the molecule is Fc1ccc(N2CCCC(COc3ccc4c(c3)OCCO4)C2)cc1. The molecule has 0 saturated carbocycles. The van der Waals surface area contributed by atoms with E-state index in [1.165, 1.54) is 12.1 Å². The number of ether oxygens (including phenoxy) is 3. The number of rotatable bonds is 4. The summed E-state index contributed by atoms with van der Waals surface area (Å²) in [5.74, 6) is 2.59. The molecular weight excluding hydrogens is 321 g/mol. The highest BCUT2D eigenvalue weighted by Crippen LogP contribution is 2.34. The van der Waals surface area contributed by atoms with Crippen LogP contribution in [-0.4, -0.2) is 32.9 Å². The summed E-state index contributed by atoms with van der Waals surface area (Å²) in [6.07, 6.45) is 2.26. The number of halogens is 1. The molecule has 4 nitrogen and oxygen atoms in total. The molecule has 132 valence electrons. The lowest BCUT2D eigenvalue weighted by molar-refractivity contribution is 0.169. The van der Waals surface area contributed by atoms with Gasteiger partial charge in [0.2, 0.25) is 0 Å². The molecule has 2 aromatic rings. The van der Waals surface area contributed by atoms with Gasteiger partial charge in [0.25, 0.3) is 0 Å². The van der Waals surface area contributed by atoms with Gasteiger partial charge in [-0.25, -0.2) is 4.39 Å². The van der Waals surface area contributed by atoms with Gasteiger partial charge in [-0.2, -0.15) is 0 Å². The van der Waals surface area contributed by atoms with E-state index in [9.17, 15) is 4.39 Å². The fraction of sp³-hybridized carbons (Fsp3) is 0.400. The highest BCUT2D eigenvalue weighted by molar-refractivity contribution is 5.47. The second kappa shape index (κ2) is 7.21. The third-order valence-electron chi connectivity index (χ3n) is 4.71. The Morgan fingerprint density at radius 1 is 1.04 bits per heavy atom. The van der Waals surface area contributed by atoms with Crippen molar-refractivity contribution in [3.05, 3.63) is 48.3 Å². The molecule has 1 unspecified atom stereocenters. The number of fused-ring (bicyclic) bond motifs is 1. The van der Waals surface area contributed by atoms with Gasteiger partial charge in [-0.05, 0) is 49.2 Å². The number of piperidine rings is 1. The highest BCUT2D eigenvalue weighted by Gasteiger charge is 2.21. The Morgan fingerprint density at radius 3 is 2.68 bits per heavy atom. The first kappa shape index (κ1) is 16.1. The Hall–Kier alpha value is -2.43. The molecule has 0 spiro atoms. The lowest BCUT2D eigenvalue weighted by Crippen LogP contribution is -2.37. The van der Waals surface area contributed by atoms with Gasteiger partial charge in [-0.15, -0.1) is 0 Å². The smallest absolute Gasteiger partial charge is 0.165 e. The van der Waals surface area contributed by atoms with Crippen molar-refractivity contribution in [2.75, 3.05) is 37.8 Å². The Bertz CT molecular complexity index is 719. The maximum atomic E-state index is 13.1. The van der Waals surface area contributed by atoms with Crippen molar-refractivity contribution in [2.24, 2.45) is 5.92 Å². The average molecular weight is 343 g/mol. The summed E-state index contributed by atoms with van der Waals surface area (Å²) in [5.41, 5.74) is 1.07. The van der Waals surface area contributed by atoms with Crippen molar-refractivity contribution in [3.63, 3.8) is 0 Å². The monoisotopic (exact) mass is 343 g/mol. The molecular formula is C20H22FNO3. The zero-order chi connectivity index (χ0) is 17.1. The third kappa shape index (κ3) is 3.81. The molecule has 0 aromatic heterocycles. The number of anilines is 1. The lowest BCUT2D eigenvalue weighted by atomic mass is 9.98. The number of hydrogen-bond donors (Lipinski definition) is 0. The first-order valence-electron chi connectivity index (χ1n) is 8.81. The second-order valence-corrected chi connectivity index (χ2v) is 6.55. The summed E-state index contributed by atoms with van der Waals surface area (Å²) in [4.78, 5) is 2.31. The molecule has 2 heterocycles. The quantitative estimate of drug-likeness (QED) is 0.843. The van der Waals surface area contributed by atoms with Gasteiger partial charge in [0.05, 0.1) is 6.61 Å². The van der Waals surface area contributed by atoms with E-state index in [1.807, 2.05) is 30.3 Å². The fourth-order valence-corrected chi connectivity index (χ4v) is 3.42. The minimum Gasteiger partial charge on any atom is -0.493 e. The van der Waals surface area contributed by atoms with Crippen LogP contribution in [0.5, 0.6) is 17.2 Å². The molecule has 0 radical (unpaired) electrons. The maximum absolute atomic E-state index is 13.1. The lowest BCUT2D eigenvalue weighted by Gasteiger charge is -2.34. The Kier molecular flexibility index (Phi) is 4.63. The van der Waals surface area contributed by atoms with Crippen LogP contribution < -0.4 is 19.1 Å². The standard InChI is InChI=1S/C20H22FNO3/c21-16-3-5-17(6-4-16)22-9-1-2-15(13-22)14-25-18-7-8-19-20(12-18)24-11-10-23-19/h3-8,12,15H,1-2,9-11,13-14H2. The van der Waals surface area contributed by atoms with E-state index in [0.717, 1.165) is 48.9 Å². The molecule has 0 N–H and O–H groups in total. The predicted molar refractivity (Wildman–Crippen MR) is 94.3 cm³/mol. The van der Waals surface area contributed by atoms with E-state index in [1.54, 1.807) is 0 Å². The van der Waals surface area contributed by atoms with Crippen molar-refractivity contribution in [1.82, 2.24) is 0 Å². The van der Waals surface area contributed by atoms with Crippen LogP contribution in [0.2, 0.25) is 0 Å². The fourth-order valence-electron chi connectivity index (χ4n) is 3.42. The van der Waals surface area contributed by atoms with Crippen LogP contribution >= 0.6 is 0 Å². The molecule has 1 atom stereocenters. The molecule has 2 aliphatic heterocycles. The van der Waals surface area contributed by atoms with E-state index < -0.39 is 0 Å². The average Bonchev–Trinajstić information content (AvgIpc) is 2.67. The Balaban J connectivity index is 1.35. The van der Waals surface area contributed by atoms with E-state index in [-0.39, 0.29) is 5.82 Å². The summed E-state index contributed by atoms with van der Waals surface area (Å²) in [6.45, 7) is 3.76. The van der Waals surface area contributed by atoms with Gasteiger partial charge in [0.1, 0.15) is 24.8 Å². The maximum Gasteiger partial charge on any atom is 0.165 e. The van der Waals surface area contributed by atoms with E-state index >= 15 is 0 Å². The third-order valence-corrected chi connectivity index (χ3v) is 4.71. The second-order valence-electron chi connectivity index (χ2n) is 6.55. The molecule has 5 heteroatoms. The van der Waals surface area contributed by atoms with Crippen LogP contribution in [0, 0.1) is 11.7 Å². The van der Waals surface area contributed by atoms with E-state index in [0.29, 0.717) is 25.7 Å². The minimum absolute atomic E-state index is 0.195. The van der Waals surface area contributed by atoms with Gasteiger partial charge >= 0.3 is 0 Å². The van der Waals surface area contributed by atoms with Gasteiger partial charge in [0.15, 0.2) is 11.5 Å². The van der Waals surface area contributed by atoms with Crippen LogP contribution in [-0.2, 0) is 0 Å². The van der Waals surface area contributed by atoms with Gasteiger partial charge < -0.3 is 19.1 Å².